The van der Waals surface area contributed by atoms with Gasteiger partial charge >= 0.3 is 5.97 Å². The predicted molar refractivity (Wildman–Crippen MR) is 71.4 cm³/mol. The van der Waals surface area contributed by atoms with E-state index in [9.17, 15) is 9.90 Å². The number of hydrogen-bond donors (Lipinski definition) is 1. The maximum atomic E-state index is 11.2. The molecule has 0 aliphatic carbocycles. The van der Waals surface area contributed by atoms with Crippen LogP contribution in [0.15, 0.2) is 28.7 Å². The zero-order chi connectivity index (χ0) is 13.2. The van der Waals surface area contributed by atoms with Crippen molar-refractivity contribution in [1.82, 2.24) is 4.90 Å². The fraction of sp³-hybridized carbons (Fsp3) is 0.462. The molecule has 1 aliphatic heterocycles. The molecule has 18 heavy (non-hydrogen) atoms. The van der Waals surface area contributed by atoms with Gasteiger partial charge in [0.2, 0.25) is 0 Å². The average Bonchev–Trinajstić information content (AvgIpc) is 2.26. The monoisotopic (exact) mass is 313 g/mol. The minimum atomic E-state index is -0.767. The van der Waals surface area contributed by atoms with E-state index in [1.54, 1.807) is 0 Å². The van der Waals surface area contributed by atoms with Gasteiger partial charge in [-0.05, 0) is 24.7 Å². The summed E-state index contributed by atoms with van der Waals surface area (Å²) in [6.45, 7) is 1.88. The van der Waals surface area contributed by atoms with Gasteiger partial charge in [-0.1, -0.05) is 28.1 Å². The third kappa shape index (κ3) is 2.91. The largest absolute Gasteiger partial charge is 0.481 e. The standard InChI is InChI=1S/C13H16BrNO3/c1-15(6-10-2-4-11(14)5-3-10)7-13(12(16)17)8-18-9-13/h2-5H,6-9H2,1H3,(H,16,17). The molecule has 2 rings (SSSR count). The molecule has 0 unspecified atom stereocenters. The Bertz CT molecular complexity index is 428. The molecule has 0 radical (unpaired) electrons. The number of carboxylic acid groups (broad SMARTS) is 1. The van der Waals surface area contributed by atoms with Crippen LogP contribution < -0.4 is 0 Å². The maximum absolute atomic E-state index is 11.2. The van der Waals surface area contributed by atoms with Gasteiger partial charge < -0.3 is 14.7 Å². The smallest absolute Gasteiger partial charge is 0.315 e. The molecule has 5 heteroatoms. The van der Waals surface area contributed by atoms with E-state index in [0.717, 1.165) is 11.0 Å². The lowest BCUT2D eigenvalue weighted by atomic mass is 9.85. The molecule has 1 aliphatic rings. The Morgan fingerprint density at radius 2 is 2.06 bits per heavy atom. The van der Waals surface area contributed by atoms with Crippen LogP contribution in [0.4, 0.5) is 0 Å². The summed E-state index contributed by atoms with van der Waals surface area (Å²) < 4.78 is 6.10. The lowest BCUT2D eigenvalue weighted by molar-refractivity contribution is -0.183. The lowest BCUT2D eigenvalue weighted by Gasteiger charge is -2.40. The average molecular weight is 314 g/mol. The molecular formula is C13H16BrNO3. The van der Waals surface area contributed by atoms with E-state index in [2.05, 4.69) is 15.9 Å². The van der Waals surface area contributed by atoms with Gasteiger partial charge in [-0.2, -0.15) is 0 Å². The highest BCUT2D eigenvalue weighted by atomic mass is 79.9. The van der Waals surface area contributed by atoms with Gasteiger partial charge in [0.15, 0.2) is 0 Å². The molecule has 0 amide bonds. The second-order valence-electron chi connectivity index (χ2n) is 4.88. The molecule has 4 nitrogen and oxygen atoms in total. The first-order valence-electron chi connectivity index (χ1n) is 5.76. The molecule has 1 N–H and O–H groups in total. The number of ether oxygens (including phenoxy) is 1. The molecule has 1 heterocycles. The van der Waals surface area contributed by atoms with E-state index in [1.807, 2.05) is 36.2 Å². The van der Waals surface area contributed by atoms with Crippen molar-refractivity contribution in [3.05, 3.63) is 34.3 Å². The molecule has 98 valence electrons. The molecule has 1 saturated heterocycles. The summed E-state index contributed by atoms with van der Waals surface area (Å²) in [6, 6.07) is 8.04. The molecule has 0 bridgehead atoms. The van der Waals surface area contributed by atoms with Crippen molar-refractivity contribution in [3.8, 4) is 0 Å². The van der Waals surface area contributed by atoms with Gasteiger partial charge in [-0.25, -0.2) is 0 Å². The minimum Gasteiger partial charge on any atom is -0.481 e. The Kier molecular flexibility index (Phi) is 4.04. The van der Waals surface area contributed by atoms with Crippen molar-refractivity contribution in [2.75, 3.05) is 26.8 Å². The van der Waals surface area contributed by atoms with Crippen LogP contribution in [0.1, 0.15) is 5.56 Å². The highest BCUT2D eigenvalue weighted by Crippen LogP contribution is 2.29. The van der Waals surface area contributed by atoms with Crippen molar-refractivity contribution in [3.63, 3.8) is 0 Å². The Balaban J connectivity index is 1.94. The van der Waals surface area contributed by atoms with Gasteiger partial charge in [0.1, 0.15) is 5.41 Å². The fourth-order valence-electron chi connectivity index (χ4n) is 2.10. The van der Waals surface area contributed by atoms with Gasteiger partial charge in [-0.3, -0.25) is 4.79 Å². The van der Waals surface area contributed by atoms with Crippen LogP contribution in [0.5, 0.6) is 0 Å². The van der Waals surface area contributed by atoms with Crippen molar-refractivity contribution in [2.24, 2.45) is 5.41 Å². The second kappa shape index (κ2) is 5.38. The lowest BCUT2D eigenvalue weighted by Crippen LogP contribution is -2.55. The van der Waals surface area contributed by atoms with Crippen LogP contribution in [0.3, 0.4) is 0 Å². The van der Waals surface area contributed by atoms with E-state index in [4.69, 9.17) is 4.74 Å². The number of nitrogens with zero attached hydrogens (tertiary/aromatic N) is 1. The number of carbonyl (C=O) groups is 1. The summed E-state index contributed by atoms with van der Waals surface area (Å²) in [5.41, 5.74) is 0.450. The molecule has 1 fully saturated rings. The van der Waals surface area contributed by atoms with Gasteiger partial charge in [0, 0.05) is 17.6 Å². The molecule has 0 spiro atoms. The van der Waals surface area contributed by atoms with Gasteiger partial charge in [0.25, 0.3) is 0 Å². The van der Waals surface area contributed by atoms with Crippen molar-refractivity contribution >= 4 is 21.9 Å². The van der Waals surface area contributed by atoms with E-state index < -0.39 is 11.4 Å². The molecule has 1 aromatic carbocycles. The summed E-state index contributed by atoms with van der Waals surface area (Å²) in [7, 11) is 1.94. The van der Waals surface area contributed by atoms with Crippen LogP contribution >= 0.6 is 15.9 Å². The van der Waals surface area contributed by atoms with Crippen molar-refractivity contribution < 1.29 is 14.6 Å². The third-order valence-corrected chi connectivity index (χ3v) is 3.68. The number of hydrogen-bond acceptors (Lipinski definition) is 3. The van der Waals surface area contributed by atoms with E-state index >= 15 is 0 Å². The summed E-state index contributed by atoms with van der Waals surface area (Å²) in [5, 5.41) is 9.22. The molecule has 1 aromatic rings. The zero-order valence-corrected chi connectivity index (χ0v) is 11.8. The number of carboxylic acids is 1. The summed E-state index contributed by atoms with van der Waals surface area (Å²) >= 11 is 3.39. The Morgan fingerprint density at radius 1 is 1.44 bits per heavy atom. The first-order valence-corrected chi connectivity index (χ1v) is 6.55. The first kappa shape index (κ1) is 13.5. The second-order valence-corrected chi connectivity index (χ2v) is 5.79. The van der Waals surface area contributed by atoms with Gasteiger partial charge in [0.05, 0.1) is 13.2 Å². The first-order chi connectivity index (χ1) is 8.52. The van der Waals surface area contributed by atoms with Crippen LogP contribution in [0.25, 0.3) is 0 Å². The zero-order valence-electron chi connectivity index (χ0n) is 10.2. The Hall–Kier alpha value is -0.910. The van der Waals surface area contributed by atoms with E-state index in [-0.39, 0.29) is 0 Å². The Labute approximate surface area is 115 Å². The van der Waals surface area contributed by atoms with Crippen LogP contribution in [0, 0.1) is 5.41 Å². The highest BCUT2D eigenvalue weighted by Gasteiger charge is 2.46. The van der Waals surface area contributed by atoms with Gasteiger partial charge in [-0.15, -0.1) is 0 Å². The van der Waals surface area contributed by atoms with Crippen molar-refractivity contribution in [1.29, 1.82) is 0 Å². The quantitative estimate of drug-likeness (QED) is 0.903. The molecule has 0 aromatic heterocycles. The fourth-order valence-corrected chi connectivity index (χ4v) is 2.37. The number of aliphatic carboxylic acids is 1. The normalized spacial score (nSPS) is 17.5. The summed E-state index contributed by atoms with van der Waals surface area (Å²) in [6.07, 6.45) is 0. The van der Waals surface area contributed by atoms with Crippen LogP contribution in [-0.4, -0.2) is 42.8 Å². The van der Waals surface area contributed by atoms with Crippen LogP contribution in [-0.2, 0) is 16.1 Å². The summed E-state index contributed by atoms with van der Waals surface area (Å²) in [4.78, 5) is 13.3. The van der Waals surface area contributed by atoms with Crippen molar-refractivity contribution in [2.45, 2.75) is 6.54 Å². The summed E-state index contributed by atoms with van der Waals surface area (Å²) in [5.74, 6) is -0.767. The highest BCUT2D eigenvalue weighted by molar-refractivity contribution is 9.10. The molecule has 0 saturated carbocycles. The molecular weight excluding hydrogens is 298 g/mol. The van der Waals surface area contributed by atoms with E-state index in [1.165, 1.54) is 5.56 Å². The maximum Gasteiger partial charge on any atom is 0.315 e. The number of benzene rings is 1. The number of halogens is 1. The predicted octanol–water partition coefficient (Wildman–Crippen LogP) is 1.98. The van der Waals surface area contributed by atoms with E-state index in [0.29, 0.717) is 19.8 Å². The SMILES string of the molecule is CN(Cc1ccc(Br)cc1)CC1(C(=O)O)COC1. The third-order valence-electron chi connectivity index (χ3n) is 3.15. The minimum absolute atomic E-state index is 0.313. The topological polar surface area (TPSA) is 49.8 Å². The number of rotatable bonds is 5. The van der Waals surface area contributed by atoms with Crippen LogP contribution in [0.2, 0.25) is 0 Å². The Morgan fingerprint density at radius 3 is 2.50 bits per heavy atom. The molecule has 0 atom stereocenters.